The number of aromatic nitrogens is 2. The number of carboxylic acids is 1. The van der Waals surface area contributed by atoms with Crippen LogP contribution in [0.1, 0.15) is 17.2 Å². The molecule has 4 aromatic rings. The molecule has 206 valence electrons. The Kier molecular flexibility index (Phi) is 8.57. The van der Waals surface area contributed by atoms with Crippen LogP contribution in [0.5, 0.6) is 5.75 Å². The van der Waals surface area contributed by atoms with Crippen molar-refractivity contribution in [3.8, 4) is 17.0 Å². The molecule has 4 rings (SSSR count). The van der Waals surface area contributed by atoms with Gasteiger partial charge in [-0.05, 0) is 59.7 Å². The summed E-state index contributed by atoms with van der Waals surface area (Å²) in [4.78, 5) is 32.5. The number of carboxylic acid groups (broad SMARTS) is 1. The smallest absolute Gasteiger partial charge is 0.478 e. The number of carbonyl (C=O) groups excluding carboxylic acids is 1. The molecule has 0 amide bonds. The third-order valence-electron chi connectivity index (χ3n) is 5.56. The summed E-state index contributed by atoms with van der Waals surface area (Å²) in [7, 11) is 0. The maximum Gasteiger partial charge on any atom is 0.490 e. The molecule has 2 N–H and O–H groups in total. The van der Waals surface area contributed by atoms with Gasteiger partial charge in [-0.1, -0.05) is 30.3 Å². The molecule has 0 spiro atoms. The van der Waals surface area contributed by atoms with Crippen LogP contribution in [0.2, 0.25) is 0 Å². The van der Waals surface area contributed by atoms with Crippen LogP contribution in [-0.4, -0.2) is 39.3 Å². The number of ether oxygens (including phenoxy) is 2. The van der Waals surface area contributed by atoms with E-state index in [-0.39, 0.29) is 11.3 Å². The summed E-state index contributed by atoms with van der Waals surface area (Å²) in [5, 5.41) is 13.1. The van der Waals surface area contributed by atoms with Crippen molar-refractivity contribution in [1.29, 1.82) is 0 Å². The molecule has 0 fully saturated rings. The molecule has 2 aromatic carbocycles. The minimum Gasteiger partial charge on any atom is -0.478 e. The SMILES string of the molecule is O=C(O)C(Oc1ccc(CNc2ccccn2)cc1-c1ccccn1)C(OC(=O)C(F)(F)F)c1ccc(F)cc1. The van der Waals surface area contributed by atoms with Crippen LogP contribution in [0.4, 0.5) is 23.4 Å². The zero-order chi connectivity index (χ0) is 28.7. The number of carbonyl (C=O) groups is 2. The van der Waals surface area contributed by atoms with Gasteiger partial charge in [0.1, 0.15) is 17.4 Å². The third kappa shape index (κ3) is 7.10. The summed E-state index contributed by atoms with van der Waals surface area (Å²) in [5.74, 6) is -4.52. The maximum absolute atomic E-state index is 13.5. The number of alkyl halides is 3. The molecule has 0 radical (unpaired) electrons. The number of benzene rings is 2. The molecule has 0 bridgehead atoms. The van der Waals surface area contributed by atoms with E-state index in [1.165, 1.54) is 12.3 Å². The predicted octanol–water partition coefficient (Wildman–Crippen LogP) is 5.57. The monoisotopic (exact) mass is 555 g/mol. The van der Waals surface area contributed by atoms with E-state index in [9.17, 15) is 32.3 Å². The summed E-state index contributed by atoms with van der Waals surface area (Å²) in [6.07, 6.45) is -6.51. The van der Waals surface area contributed by atoms with Crippen molar-refractivity contribution < 1.29 is 41.7 Å². The minimum atomic E-state index is -5.41. The van der Waals surface area contributed by atoms with Gasteiger partial charge in [-0.3, -0.25) is 4.98 Å². The largest absolute Gasteiger partial charge is 0.490 e. The quantitative estimate of drug-likeness (QED) is 0.193. The standard InChI is InChI=1S/C28H21F4N3O5/c29-19-10-8-18(9-11-19)24(40-27(38)28(30,31)32)25(26(36)37)39-22-12-7-17(16-35-23-6-2-4-14-34-23)15-20(22)21-5-1-3-13-33-21/h1-15,24-25H,16H2,(H,34,35)(H,36,37). The Bertz CT molecular complexity index is 1450. The molecule has 40 heavy (non-hydrogen) atoms. The number of halogens is 4. The molecule has 0 saturated heterocycles. The zero-order valence-corrected chi connectivity index (χ0v) is 20.5. The van der Waals surface area contributed by atoms with Crippen LogP contribution in [0.3, 0.4) is 0 Å². The lowest BCUT2D eigenvalue weighted by Crippen LogP contribution is -2.39. The van der Waals surface area contributed by atoms with Crippen LogP contribution >= 0.6 is 0 Å². The Balaban J connectivity index is 1.71. The van der Waals surface area contributed by atoms with E-state index in [4.69, 9.17) is 4.74 Å². The van der Waals surface area contributed by atoms with Gasteiger partial charge in [0.15, 0.2) is 6.10 Å². The Morgan fingerprint density at radius 2 is 1.62 bits per heavy atom. The van der Waals surface area contributed by atoms with E-state index < -0.39 is 36.1 Å². The molecule has 0 aliphatic carbocycles. The normalized spacial score (nSPS) is 12.7. The van der Waals surface area contributed by atoms with Crippen LogP contribution in [0, 0.1) is 5.82 Å². The van der Waals surface area contributed by atoms with Crippen molar-refractivity contribution in [1.82, 2.24) is 9.97 Å². The van der Waals surface area contributed by atoms with E-state index >= 15 is 0 Å². The molecule has 0 aliphatic heterocycles. The predicted molar refractivity (Wildman–Crippen MR) is 135 cm³/mol. The Morgan fingerprint density at radius 3 is 2.23 bits per heavy atom. The molecule has 8 nitrogen and oxygen atoms in total. The fraction of sp³-hybridized carbons (Fsp3) is 0.143. The average molecular weight is 555 g/mol. The third-order valence-corrected chi connectivity index (χ3v) is 5.56. The Morgan fingerprint density at radius 1 is 0.925 bits per heavy atom. The molecule has 2 heterocycles. The fourth-order valence-corrected chi connectivity index (χ4v) is 3.69. The van der Waals surface area contributed by atoms with E-state index in [2.05, 4.69) is 20.0 Å². The Hall–Kier alpha value is -5.00. The fourth-order valence-electron chi connectivity index (χ4n) is 3.69. The number of esters is 1. The van der Waals surface area contributed by atoms with Crippen LogP contribution in [-0.2, 0) is 20.9 Å². The topological polar surface area (TPSA) is 111 Å². The summed E-state index contributed by atoms with van der Waals surface area (Å²) in [5.41, 5.74) is 1.21. The van der Waals surface area contributed by atoms with Gasteiger partial charge in [-0.15, -0.1) is 0 Å². The summed E-state index contributed by atoms with van der Waals surface area (Å²) in [6, 6.07) is 18.8. The van der Waals surface area contributed by atoms with Gasteiger partial charge >= 0.3 is 18.1 Å². The molecule has 0 aliphatic rings. The number of hydrogen-bond acceptors (Lipinski definition) is 7. The van der Waals surface area contributed by atoms with Gasteiger partial charge in [0.25, 0.3) is 0 Å². The molecular weight excluding hydrogens is 534 g/mol. The van der Waals surface area contributed by atoms with Crippen molar-refractivity contribution in [2.24, 2.45) is 0 Å². The minimum absolute atomic E-state index is 0.0529. The molecule has 2 unspecified atom stereocenters. The van der Waals surface area contributed by atoms with Gasteiger partial charge in [0, 0.05) is 24.5 Å². The van der Waals surface area contributed by atoms with E-state index in [1.807, 2.05) is 0 Å². The van der Waals surface area contributed by atoms with Crippen molar-refractivity contribution in [3.63, 3.8) is 0 Å². The lowest BCUT2D eigenvalue weighted by Gasteiger charge is -2.26. The second-order valence-corrected chi connectivity index (χ2v) is 8.37. The number of rotatable bonds is 10. The van der Waals surface area contributed by atoms with Gasteiger partial charge in [-0.25, -0.2) is 19.0 Å². The highest BCUT2D eigenvalue weighted by Gasteiger charge is 2.45. The first-order valence-electron chi connectivity index (χ1n) is 11.7. The molecule has 2 aromatic heterocycles. The van der Waals surface area contributed by atoms with Crippen molar-refractivity contribution in [2.45, 2.75) is 24.9 Å². The van der Waals surface area contributed by atoms with Crippen LogP contribution < -0.4 is 10.1 Å². The number of aliphatic carboxylic acids is 1. The van der Waals surface area contributed by atoms with Crippen LogP contribution in [0.15, 0.2) is 91.3 Å². The van der Waals surface area contributed by atoms with Gasteiger partial charge < -0.3 is 19.9 Å². The first-order valence-corrected chi connectivity index (χ1v) is 11.7. The van der Waals surface area contributed by atoms with Crippen molar-refractivity contribution >= 4 is 17.8 Å². The summed E-state index contributed by atoms with van der Waals surface area (Å²) < 4.78 is 63.0. The molecule has 12 heteroatoms. The number of pyridine rings is 2. The summed E-state index contributed by atoms with van der Waals surface area (Å²) >= 11 is 0. The average Bonchev–Trinajstić information content (AvgIpc) is 2.95. The second kappa shape index (κ2) is 12.2. The van der Waals surface area contributed by atoms with Crippen molar-refractivity contribution in [2.75, 3.05) is 5.32 Å². The Labute approximate surface area is 225 Å². The number of nitrogens with one attached hydrogen (secondary N) is 1. The van der Waals surface area contributed by atoms with Crippen LogP contribution in [0.25, 0.3) is 11.3 Å². The van der Waals surface area contributed by atoms with Gasteiger partial charge in [0.05, 0.1) is 5.69 Å². The van der Waals surface area contributed by atoms with Crippen molar-refractivity contribution in [3.05, 3.63) is 108 Å². The molecule has 2 atom stereocenters. The first kappa shape index (κ1) is 28.0. The van der Waals surface area contributed by atoms with E-state index in [0.29, 0.717) is 23.6 Å². The molecule has 0 saturated carbocycles. The van der Waals surface area contributed by atoms with E-state index in [0.717, 1.165) is 29.8 Å². The highest BCUT2D eigenvalue weighted by Crippen LogP contribution is 2.35. The number of nitrogens with zero attached hydrogens (tertiary/aromatic N) is 2. The van der Waals surface area contributed by atoms with Gasteiger partial charge in [0.2, 0.25) is 6.10 Å². The number of anilines is 1. The zero-order valence-electron chi connectivity index (χ0n) is 20.5. The maximum atomic E-state index is 13.5. The molecular formula is C28H21F4N3O5. The lowest BCUT2D eigenvalue weighted by molar-refractivity contribution is -0.210. The number of hydrogen-bond donors (Lipinski definition) is 2. The summed E-state index contributed by atoms with van der Waals surface area (Å²) in [6.45, 7) is 0.320. The highest BCUT2D eigenvalue weighted by atomic mass is 19.4. The second-order valence-electron chi connectivity index (χ2n) is 8.37. The van der Waals surface area contributed by atoms with Gasteiger partial charge in [-0.2, -0.15) is 13.2 Å². The van der Waals surface area contributed by atoms with E-state index in [1.54, 1.807) is 54.7 Å². The lowest BCUT2D eigenvalue weighted by atomic mass is 10.0. The highest BCUT2D eigenvalue weighted by molar-refractivity contribution is 5.79. The first-order chi connectivity index (χ1) is 19.1.